The van der Waals surface area contributed by atoms with Crippen molar-refractivity contribution in [1.82, 2.24) is 0 Å². The van der Waals surface area contributed by atoms with Crippen LogP contribution in [0.5, 0.6) is 0 Å². The van der Waals surface area contributed by atoms with E-state index in [1.54, 1.807) is 0 Å². The molecular formula is C41H48FIrPSi-. The predicted molar refractivity (Wildman–Crippen MR) is 195 cm³/mol. The molecule has 0 amide bonds. The molecule has 0 N–H and O–H groups in total. The van der Waals surface area contributed by atoms with Gasteiger partial charge in [0.25, 0.3) is 0 Å². The van der Waals surface area contributed by atoms with E-state index in [0.29, 0.717) is 0 Å². The fraction of sp³-hybridized carbons (Fsp3) is 0.268. The van der Waals surface area contributed by atoms with Gasteiger partial charge < -0.3 is 4.11 Å². The third-order valence-corrected chi connectivity index (χ3v) is 12.9. The first-order valence-corrected chi connectivity index (χ1v) is 18.9. The summed E-state index contributed by atoms with van der Waals surface area (Å²) >= 11 is 0. The minimum absolute atomic E-state index is 0. The number of hydrogen-bond acceptors (Lipinski definition) is 0. The van der Waals surface area contributed by atoms with Crippen LogP contribution in [0.25, 0.3) is 0 Å². The van der Waals surface area contributed by atoms with Crippen molar-refractivity contribution in [3.8, 4) is 0 Å². The average molecular weight is 811 g/mol. The topological polar surface area (TPSA) is 0 Å². The zero-order chi connectivity index (χ0) is 31.7. The molecule has 0 aromatic heterocycles. The van der Waals surface area contributed by atoms with Crippen molar-refractivity contribution in [2.24, 2.45) is 29.6 Å². The molecule has 238 valence electrons. The molecule has 1 aliphatic rings. The second-order valence-electron chi connectivity index (χ2n) is 11.6. The van der Waals surface area contributed by atoms with Gasteiger partial charge in [0, 0.05) is 20.1 Å². The Bertz CT molecular complexity index is 1180. The van der Waals surface area contributed by atoms with Crippen molar-refractivity contribution in [3.63, 3.8) is 0 Å². The van der Waals surface area contributed by atoms with Crippen LogP contribution in [0.15, 0.2) is 152 Å². The smallest absolute Gasteiger partial charge is 0.302 e. The SMILES string of the molecule is CC1C(C)C(C)C(C)C1C.CP(c1ccccc1)c1ccccc1.F[Si](c1ccccc1)c1ccccc1.[Ir].[c-]1ccccc1. The number of hydrogen-bond donors (Lipinski definition) is 0. The summed E-state index contributed by atoms with van der Waals surface area (Å²) in [6.45, 7) is 14.3. The van der Waals surface area contributed by atoms with Gasteiger partial charge in [-0.1, -0.05) is 156 Å². The van der Waals surface area contributed by atoms with Crippen molar-refractivity contribution < 1.29 is 24.2 Å². The Hall–Kier alpha value is -2.67. The van der Waals surface area contributed by atoms with Crippen LogP contribution >= 0.6 is 7.92 Å². The monoisotopic (exact) mass is 811 g/mol. The van der Waals surface area contributed by atoms with Gasteiger partial charge in [-0.3, -0.25) is 0 Å². The minimum atomic E-state index is -2.04. The largest absolute Gasteiger partial charge is 0.340 e. The van der Waals surface area contributed by atoms with Gasteiger partial charge in [0.05, 0.1) is 0 Å². The van der Waals surface area contributed by atoms with Crippen LogP contribution in [0, 0.1) is 35.7 Å². The Labute approximate surface area is 289 Å². The maximum absolute atomic E-state index is 14.0. The van der Waals surface area contributed by atoms with Gasteiger partial charge in [-0.15, -0.1) is 0 Å². The zero-order valence-electron chi connectivity index (χ0n) is 27.5. The van der Waals surface area contributed by atoms with Gasteiger partial charge in [0.2, 0.25) is 0 Å². The number of benzene rings is 5. The summed E-state index contributed by atoms with van der Waals surface area (Å²) in [6, 6.07) is 52.6. The first-order valence-electron chi connectivity index (χ1n) is 15.7. The van der Waals surface area contributed by atoms with Crippen molar-refractivity contribution in [1.29, 1.82) is 0 Å². The predicted octanol–water partition coefficient (Wildman–Crippen LogP) is 9.18. The summed E-state index contributed by atoms with van der Waals surface area (Å²) in [5, 5.41) is 4.50. The molecule has 5 aromatic rings. The Morgan fingerprint density at radius 3 is 0.978 bits per heavy atom. The summed E-state index contributed by atoms with van der Waals surface area (Å²) < 4.78 is 14.0. The van der Waals surface area contributed by atoms with Crippen LogP contribution in [0.1, 0.15) is 34.6 Å². The van der Waals surface area contributed by atoms with Gasteiger partial charge in [0.1, 0.15) is 0 Å². The Balaban J connectivity index is 0.000000216. The molecule has 0 heterocycles. The summed E-state index contributed by atoms with van der Waals surface area (Å²) in [6.07, 6.45) is 0. The van der Waals surface area contributed by atoms with Crippen LogP contribution in [0.2, 0.25) is 0 Å². The zero-order valence-corrected chi connectivity index (χ0v) is 31.8. The van der Waals surface area contributed by atoms with Crippen molar-refractivity contribution >= 4 is 38.0 Å². The Morgan fingerprint density at radius 2 is 0.733 bits per heavy atom. The minimum Gasteiger partial charge on any atom is -0.302 e. The molecule has 0 bridgehead atoms. The molecule has 0 saturated heterocycles. The van der Waals surface area contributed by atoms with Gasteiger partial charge in [0.15, 0.2) is 0 Å². The molecule has 0 aliphatic heterocycles. The van der Waals surface area contributed by atoms with Gasteiger partial charge >= 0.3 is 9.13 Å². The average Bonchev–Trinajstić information content (AvgIpc) is 3.28. The van der Waals surface area contributed by atoms with E-state index in [1.165, 1.54) is 10.6 Å². The molecule has 45 heavy (non-hydrogen) atoms. The first-order chi connectivity index (χ1) is 21.3. The molecule has 0 unspecified atom stereocenters. The summed E-state index contributed by atoms with van der Waals surface area (Å²) in [4.78, 5) is 0. The van der Waals surface area contributed by atoms with E-state index in [0.717, 1.165) is 40.0 Å². The third kappa shape index (κ3) is 12.6. The van der Waals surface area contributed by atoms with E-state index in [4.69, 9.17) is 0 Å². The van der Waals surface area contributed by atoms with Crippen molar-refractivity contribution in [2.75, 3.05) is 6.66 Å². The van der Waals surface area contributed by atoms with Gasteiger partial charge in [-0.2, -0.15) is 36.4 Å². The Morgan fingerprint density at radius 1 is 0.467 bits per heavy atom. The molecule has 4 heteroatoms. The van der Waals surface area contributed by atoms with E-state index in [-0.39, 0.29) is 28.0 Å². The van der Waals surface area contributed by atoms with Crippen LogP contribution in [-0.4, -0.2) is 15.8 Å². The number of halogens is 1. The molecule has 1 fully saturated rings. The summed E-state index contributed by atoms with van der Waals surface area (Å²) in [5.41, 5.74) is 0. The van der Waals surface area contributed by atoms with Crippen molar-refractivity contribution in [3.05, 3.63) is 158 Å². The van der Waals surface area contributed by atoms with E-state index < -0.39 is 9.13 Å². The van der Waals surface area contributed by atoms with Gasteiger partial charge in [-0.25, -0.2) is 0 Å². The third-order valence-electron chi connectivity index (χ3n) is 9.10. The number of rotatable bonds is 4. The molecule has 1 aliphatic carbocycles. The molecule has 2 radical (unpaired) electrons. The van der Waals surface area contributed by atoms with Crippen LogP contribution < -0.4 is 21.0 Å². The fourth-order valence-corrected chi connectivity index (χ4v) is 8.36. The second kappa shape index (κ2) is 21.2. The Kier molecular flexibility index (Phi) is 18.1. The summed E-state index contributed by atoms with van der Waals surface area (Å²) in [7, 11) is -2.22. The molecular weight excluding hydrogens is 763 g/mol. The molecule has 1 saturated carbocycles. The maximum atomic E-state index is 14.0. The van der Waals surface area contributed by atoms with Crippen molar-refractivity contribution in [2.45, 2.75) is 34.6 Å². The van der Waals surface area contributed by atoms with Crippen LogP contribution in [0.4, 0.5) is 4.11 Å². The standard InChI is InChI=1S/C13H13P.C12H10FSi.C10H20.C6H5.Ir/c1-14(12-8-4-2-5-9-12)13-10-6-3-7-11-13;13-14(11-7-3-1-4-8-11)12-9-5-2-6-10-12;1-6-7(2)9(4)10(5)8(6)3;1-2-4-6-5-3-1;/h2-11H,1H3;1-10H;6-10H,1-5H3;1-5H;/q;;;-1;. The summed E-state index contributed by atoms with van der Waals surface area (Å²) in [5.74, 6) is 4.68. The van der Waals surface area contributed by atoms with Crippen LogP contribution in [0.3, 0.4) is 0 Å². The fourth-order valence-electron chi connectivity index (χ4n) is 5.52. The van der Waals surface area contributed by atoms with E-state index in [1.807, 2.05) is 91.0 Å². The van der Waals surface area contributed by atoms with E-state index in [9.17, 15) is 4.11 Å². The van der Waals surface area contributed by atoms with Gasteiger partial charge in [-0.05, 0) is 65.2 Å². The van der Waals surface area contributed by atoms with E-state index in [2.05, 4.69) is 108 Å². The molecule has 0 atom stereocenters. The molecule has 0 spiro atoms. The molecule has 5 aromatic carbocycles. The molecule has 6 rings (SSSR count). The quantitative estimate of drug-likeness (QED) is 0.0736. The second-order valence-corrected chi connectivity index (χ2v) is 15.6. The molecule has 0 nitrogen and oxygen atoms in total. The van der Waals surface area contributed by atoms with Crippen LogP contribution in [-0.2, 0) is 20.1 Å². The normalized spacial score (nSPS) is 19.9. The maximum Gasteiger partial charge on any atom is 0.340 e. The first kappa shape index (κ1) is 38.5. The van der Waals surface area contributed by atoms with E-state index >= 15 is 0 Å².